The molecule has 0 bridgehead atoms. The second-order valence-corrected chi connectivity index (χ2v) is 3.84. The Labute approximate surface area is 110 Å². The summed E-state index contributed by atoms with van der Waals surface area (Å²) in [5.74, 6) is 0.295. The first-order valence-corrected chi connectivity index (χ1v) is 6.13. The molecule has 2 rings (SSSR count). The van der Waals surface area contributed by atoms with E-state index in [1.165, 1.54) is 6.26 Å². The fourth-order valence-corrected chi connectivity index (χ4v) is 1.62. The Morgan fingerprint density at radius 2 is 2.42 bits per heavy atom. The first-order chi connectivity index (χ1) is 9.24. The summed E-state index contributed by atoms with van der Waals surface area (Å²) in [5, 5.41) is 3.07. The number of ether oxygens (including phenoxy) is 1. The minimum Gasteiger partial charge on any atom is -0.461 e. The molecule has 2 N–H and O–H groups in total. The van der Waals surface area contributed by atoms with Crippen LogP contribution in [-0.4, -0.2) is 27.5 Å². The van der Waals surface area contributed by atoms with E-state index >= 15 is 0 Å². The number of aromatic nitrogens is 3. The summed E-state index contributed by atoms with van der Waals surface area (Å²) >= 11 is 0. The monoisotopic (exact) mass is 264 g/mol. The Morgan fingerprint density at radius 1 is 1.58 bits per heavy atom. The first-order valence-electron chi connectivity index (χ1n) is 6.13. The van der Waals surface area contributed by atoms with E-state index in [4.69, 9.17) is 9.15 Å². The Kier molecular flexibility index (Phi) is 4.17. The van der Waals surface area contributed by atoms with Crippen molar-refractivity contribution in [1.82, 2.24) is 15.0 Å². The lowest BCUT2D eigenvalue weighted by atomic mass is 10.2. The number of esters is 1. The van der Waals surface area contributed by atoms with Crippen LogP contribution in [0.2, 0.25) is 0 Å². The molecule has 2 heterocycles. The van der Waals surface area contributed by atoms with E-state index in [9.17, 15) is 4.79 Å². The number of carbonyl (C=O) groups excluding carboxylic acids is 1. The number of anilines is 1. The van der Waals surface area contributed by atoms with E-state index in [-0.39, 0.29) is 17.8 Å². The highest BCUT2D eigenvalue weighted by molar-refractivity contribution is 5.87. The molecule has 0 fully saturated rings. The van der Waals surface area contributed by atoms with Gasteiger partial charge >= 0.3 is 5.97 Å². The molecular formula is C12H16N4O3. The Bertz CT molecular complexity index is 521. The van der Waals surface area contributed by atoms with Crippen LogP contribution in [-0.2, 0) is 4.74 Å². The van der Waals surface area contributed by atoms with Crippen molar-refractivity contribution < 1.29 is 13.9 Å². The predicted octanol–water partition coefficient (Wildman–Crippen LogP) is 2.14. The van der Waals surface area contributed by atoms with Crippen LogP contribution in [0.4, 0.5) is 6.01 Å². The lowest BCUT2D eigenvalue weighted by Crippen LogP contribution is -2.12. The zero-order valence-electron chi connectivity index (χ0n) is 10.8. The molecule has 0 saturated heterocycles. The normalized spacial score (nSPS) is 12.1. The molecule has 0 amide bonds. The van der Waals surface area contributed by atoms with Gasteiger partial charge in [0, 0.05) is 12.4 Å². The highest BCUT2D eigenvalue weighted by atomic mass is 16.5. The van der Waals surface area contributed by atoms with E-state index in [0.29, 0.717) is 6.61 Å². The second kappa shape index (κ2) is 6.03. The van der Waals surface area contributed by atoms with Gasteiger partial charge in [-0.2, -0.15) is 4.98 Å². The SMILES string of the molecule is CCOC(=O)c1coc(NC(CC)c2ncc[nH]2)n1. The molecule has 0 aliphatic carbocycles. The molecule has 2 aromatic heterocycles. The molecule has 1 unspecified atom stereocenters. The second-order valence-electron chi connectivity index (χ2n) is 3.84. The molecule has 0 aliphatic rings. The molecular weight excluding hydrogens is 248 g/mol. The number of hydrogen-bond acceptors (Lipinski definition) is 6. The fourth-order valence-electron chi connectivity index (χ4n) is 1.62. The van der Waals surface area contributed by atoms with Gasteiger partial charge in [0.2, 0.25) is 0 Å². The molecule has 0 radical (unpaired) electrons. The lowest BCUT2D eigenvalue weighted by Gasteiger charge is -2.12. The Hall–Kier alpha value is -2.31. The molecule has 0 saturated carbocycles. The van der Waals surface area contributed by atoms with Gasteiger partial charge in [0.15, 0.2) is 5.69 Å². The number of H-pyrrole nitrogens is 1. The third kappa shape index (κ3) is 3.12. The van der Waals surface area contributed by atoms with E-state index in [1.807, 2.05) is 6.92 Å². The Balaban J connectivity index is 2.04. The van der Waals surface area contributed by atoms with Gasteiger partial charge in [-0.3, -0.25) is 0 Å². The number of nitrogens with one attached hydrogen (secondary N) is 2. The highest BCUT2D eigenvalue weighted by Gasteiger charge is 2.17. The van der Waals surface area contributed by atoms with E-state index in [1.54, 1.807) is 19.3 Å². The van der Waals surface area contributed by atoms with Crippen LogP contribution in [0, 0.1) is 0 Å². The molecule has 2 aromatic rings. The van der Waals surface area contributed by atoms with Crippen molar-refractivity contribution in [3.8, 4) is 0 Å². The zero-order valence-corrected chi connectivity index (χ0v) is 10.8. The number of rotatable bonds is 6. The van der Waals surface area contributed by atoms with Crippen molar-refractivity contribution >= 4 is 12.0 Å². The van der Waals surface area contributed by atoms with Crippen molar-refractivity contribution in [2.45, 2.75) is 26.3 Å². The number of oxazole rings is 1. The van der Waals surface area contributed by atoms with Gasteiger partial charge in [-0.05, 0) is 13.3 Å². The fraction of sp³-hybridized carbons (Fsp3) is 0.417. The minimum absolute atomic E-state index is 0.0521. The molecule has 0 aromatic carbocycles. The van der Waals surface area contributed by atoms with Gasteiger partial charge in [-0.15, -0.1) is 0 Å². The van der Waals surface area contributed by atoms with Crippen LogP contribution in [0.15, 0.2) is 23.1 Å². The van der Waals surface area contributed by atoms with Crippen molar-refractivity contribution in [3.63, 3.8) is 0 Å². The number of imidazole rings is 1. The molecule has 1 atom stereocenters. The topological polar surface area (TPSA) is 93.0 Å². The van der Waals surface area contributed by atoms with Gasteiger partial charge in [0.25, 0.3) is 6.01 Å². The standard InChI is InChI=1S/C12H16N4O3/c1-3-8(10-13-5-6-14-10)15-12-16-9(7-19-12)11(17)18-4-2/h5-8H,3-4H2,1-2H3,(H,13,14)(H,15,16). The average molecular weight is 264 g/mol. The Morgan fingerprint density at radius 3 is 3.05 bits per heavy atom. The number of aromatic amines is 1. The van der Waals surface area contributed by atoms with E-state index in [0.717, 1.165) is 12.2 Å². The van der Waals surface area contributed by atoms with Crippen molar-refractivity contribution in [1.29, 1.82) is 0 Å². The molecule has 102 valence electrons. The van der Waals surface area contributed by atoms with E-state index in [2.05, 4.69) is 20.3 Å². The van der Waals surface area contributed by atoms with Gasteiger partial charge in [0.05, 0.1) is 12.6 Å². The largest absolute Gasteiger partial charge is 0.461 e. The lowest BCUT2D eigenvalue weighted by molar-refractivity contribution is 0.0519. The number of nitrogens with zero attached hydrogens (tertiary/aromatic N) is 2. The highest BCUT2D eigenvalue weighted by Crippen LogP contribution is 2.19. The molecule has 7 heteroatoms. The minimum atomic E-state index is -0.495. The smallest absolute Gasteiger partial charge is 0.360 e. The maximum atomic E-state index is 11.5. The number of hydrogen-bond donors (Lipinski definition) is 2. The maximum Gasteiger partial charge on any atom is 0.360 e. The van der Waals surface area contributed by atoms with Gasteiger partial charge in [0.1, 0.15) is 12.1 Å². The number of carbonyl (C=O) groups is 1. The third-order valence-corrected chi connectivity index (χ3v) is 2.54. The summed E-state index contributed by atoms with van der Waals surface area (Å²) in [4.78, 5) is 22.7. The van der Waals surface area contributed by atoms with Crippen molar-refractivity contribution in [2.24, 2.45) is 0 Å². The van der Waals surface area contributed by atoms with Crippen molar-refractivity contribution in [2.75, 3.05) is 11.9 Å². The van der Waals surface area contributed by atoms with Crippen LogP contribution >= 0.6 is 0 Å². The summed E-state index contributed by atoms with van der Waals surface area (Å²) in [6, 6.07) is 0.218. The first kappa shape index (κ1) is 13.1. The average Bonchev–Trinajstić information content (AvgIpc) is 3.07. The molecule has 0 aliphatic heterocycles. The molecule has 7 nitrogen and oxygen atoms in total. The van der Waals surface area contributed by atoms with Gasteiger partial charge in [-0.25, -0.2) is 9.78 Å². The van der Waals surface area contributed by atoms with Crippen LogP contribution in [0.25, 0.3) is 0 Å². The maximum absolute atomic E-state index is 11.5. The zero-order chi connectivity index (χ0) is 13.7. The summed E-state index contributed by atoms with van der Waals surface area (Å²) in [6.45, 7) is 4.05. The summed E-state index contributed by atoms with van der Waals surface area (Å²) in [6.07, 6.45) is 5.50. The van der Waals surface area contributed by atoms with Gasteiger partial charge < -0.3 is 19.5 Å². The summed E-state index contributed by atoms with van der Waals surface area (Å²) in [7, 11) is 0. The molecule has 19 heavy (non-hydrogen) atoms. The summed E-state index contributed by atoms with van der Waals surface area (Å²) < 4.78 is 10.0. The molecule has 0 spiro atoms. The quantitative estimate of drug-likeness (QED) is 0.776. The van der Waals surface area contributed by atoms with Crippen LogP contribution in [0.3, 0.4) is 0 Å². The van der Waals surface area contributed by atoms with Crippen molar-refractivity contribution in [3.05, 3.63) is 30.2 Å². The summed E-state index contributed by atoms with van der Waals surface area (Å²) in [5.41, 5.74) is 0.152. The van der Waals surface area contributed by atoms with Crippen LogP contribution < -0.4 is 5.32 Å². The van der Waals surface area contributed by atoms with E-state index < -0.39 is 5.97 Å². The van der Waals surface area contributed by atoms with Crippen LogP contribution in [0.1, 0.15) is 42.6 Å². The van der Waals surface area contributed by atoms with Gasteiger partial charge in [-0.1, -0.05) is 6.92 Å². The third-order valence-electron chi connectivity index (χ3n) is 2.54. The predicted molar refractivity (Wildman–Crippen MR) is 67.7 cm³/mol. The van der Waals surface area contributed by atoms with Crippen LogP contribution in [0.5, 0.6) is 0 Å².